The Hall–Kier alpha value is -0.860. The van der Waals surface area contributed by atoms with E-state index in [1.54, 1.807) is 0 Å². The number of nitrogens with one attached hydrogen (secondary N) is 1. The summed E-state index contributed by atoms with van der Waals surface area (Å²) < 4.78 is 0. The van der Waals surface area contributed by atoms with Crippen molar-refractivity contribution in [2.45, 2.75) is 45.7 Å². The molecule has 0 spiro atoms. The lowest BCUT2D eigenvalue weighted by atomic mass is 10.0. The van der Waals surface area contributed by atoms with Gasteiger partial charge in [0.05, 0.1) is 0 Å². The first-order valence-electron chi connectivity index (χ1n) is 7.32. The third-order valence-corrected chi connectivity index (χ3v) is 3.92. The van der Waals surface area contributed by atoms with Gasteiger partial charge in [0.25, 0.3) is 0 Å². The number of rotatable bonds is 3. The quantitative estimate of drug-likeness (QED) is 0.882. The predicted octanol–water partition coefficient (Wildman–Crippen LogP) is 2.82. The summed E-state index contributed by atoms with van der Waals surface area (Å²) in [4.78, 5) is 2.62. The van der Waals surface area contributed by atoms with Gasteiger partial charge in [0.2, 0.25) is 0 Å². The standard InChI is InChI=1S/C16H26N2/c1-3-15-7-4-5-8-16(15)13-18-11-6-10-17-14(2)9-12-18/h4-5,7-8,14,17H,3,6,9-13H2,1-2H3. The van der Waals surface area contributed by atoms with Crippen molar-refractivity contribution in [1.29, 1.82) is 0 Å². The Balaban J connectivity index is 1.98. The van der Waals surface area contributed by atoms with Crippen LogP contribution in [0.25, 0.3) is 0 Å². The second-order valence-electron chi connectivity index (χ2n) is 5.40. The van der Waals surface area contributed by atoms with Crippen LogP contribution in [-0.4, -0.2) is 30.6 Å². The lowest BCUT2D eigenvalue weighted by Crippen LogP contribution is -2.38. The Morgan fingerprint density at radius 3 is 2.78 bits per heavy atom. The lowest BCUT2D eigenvalue weighted by Gasteiger charge is -2.28. The molecule has 2 heteroatoms. The van der Waals surface area contributed by atoms with Gasteiger partial charge in [0.15, 0.2) is 0 Å². The van der Waals surface area contributed by atoms with E-state index >= 15 is 0 Å². The number of hydrogen-bond donors (Lipinski definition) is 1. The van der Waals surface area contributed by atoms with Gasteiger partial charge in [-0.15, -0.1) is 0 Å². The van der Waals surface area contributed by atoms with Crippen LogP contribution in [0.2, 0.25) is 0 Å². The second-order valence-corrected chi connectivity index (χ2v) is 5.40. The maximum Gasteiger partial charge on any atom is 0.0236 e. The SMILES string of the molecule is CCc1ccccc1CN1CCCNC(C)CC1. The minimum absolute atomic E-state index is 0.661. The van der Waals surface area contributed by atoms with Crippen molar-refractivity contribution in [2.75, 3.05) is 19.6 Å². The zero-order chi connectivity index (χ0) is 12.8. The van der Waals surface area contributed by atoms with Crippen molar-refractivity contribution in [3.8, 4) is 0 Å². The zero-order valence-corrected chi connectivity index (χ0v) is 11.8. The van der Waals surface area contributed by atoms with Crippen LogP contribution in [0.4, 0.5) is 0 Å². The van der Waals surface area contributed by atoms with Crippen LogP contribution < -0.4 is 5.32 Å². The Bertz CT molecular complexity index is 362. The Labute approximate surface area is 111 Å². The molecule has 1 atom stereocenters. The first-order chi connectivity index (χ1) is 8.79. The fourth-order valence-corrected chi connectivity index (χ4v) is 2.70. The number of hydrogen-bond acceptors (Lipinski definition) is 2. The molecule has 1 aromatic rings. The molecular formula is C16H26N2. The van der Waals surface area contributed by atoms with Gasteiger partial charge in [0.1, 0.15) is 0 Å². The van der Waals surface area contributed by atoms with E-state index in [4.69, 9.17) is 0 Å². The molecule has 2 nitrogen and oxygen atoms in total. The van der Waals surface area contributed by atoms with Crippen molar-refractivity contribution in [2.24, 2.45) is 0 Å². The molecule has 0 aromatic heterocycles. The highest BCUT2D eigenvalue weighted by molar-refractivity contribution is 5.26. The average molecular weight is 246 g/mol. The summed E-state index contributed by atoms with van der Waals surface area (Å²) in [6, 6.07) is 9.54. The van der Waals surface area contributed by atoms with Crippen LogP contribution >= 0.6 is 0 Å². The zero-order valence-electron chi connectivity index (χ0n) is 11.8. The second kappa shape index (κ2) is 6.91. The molecule has 1 aliphatic rings. The summed E-state index contributed by atoms with van der Waals surface area (Å²) in [5.74, 6) is 0. The fraction of sp³-hybridized carbons (Fsp3) is 0.625. The van der Waals surface area contributed by atoms with Crippen molar-refractivity contribution >= 4 is 0 Å². The van der Waals surface area contributed by atoms with Crippen LogP contribution in [0.15, 0.2) is 24.3 Å². The minimum atomic E-state index is 0.661. The van der Waals surface area contributed by atoms with Crippen molar-refractivity contribution in [3.05, 3.63) is 35.4 Å². The highest BCUT2D eigenvalue weighted by Crippen LogP contribution is 2.14. The number of aryl methyl sites for hydroxylation is 1. The summed E-state index contributed by atoms with van der Waals surface area (Å²) in [6.45, 7) is 9.26. The van der Waals surface area contributed by atoms with Crippen molar-refractivity contribution < 1.29 is 0 Å². The molecule has 1 aliphatic heterocycles. The summed E-state index contributed by atoms with van der Waals surface area (Å²) in [7, 11) is 0. The summed E-state index contributed by atoms with van der Waals surface area (Å²) in [5, 5.41) is 3.56. The van der Waals surface area contributed by atoms with Gasteiger partial charge in [-0.25, -0.2) is 0 Å². The third kappa shape index (κ3) is 3.82. The smallest absolute Gasteiger partial charge is 0.0236 e. The molecule has 1 aromatic carbocycles. The molecule has 0 aliphatic carbocycles. The molecule has 1 saturated heterocycles. The van der Waals surface area contributed by atoms with Gasteiger partial charge >= 0.3 is 0 Å². The molecule has 18 heavy (non-hydrogen) atoms. The largest absolute Gasteiger partial charge is 0.314 e. The van der Waals surface area contributed by atoms with E-state index in [2.05, 4.69) is 48.3 Å². The average Bonchev–Trinajstić information content (AvgIpc) is 2.38. The predicted molar refractivity (Wildman–Crippen MR) is 77.8 cm³/mol. The molecule has 0 radical (unpaired) electrons. The van der Waals surface area contributed by atoms with E-state index in [0.29, 0.717) is 6.04 Å². The molecule has 0 saturated carbocycles. The lowest BCUT2D eigenvalue weighted by molar-refractivity contribution is 0.229. The highest BCUT2D eigenvalue weighted by Gasteiger charge is 2.12. The Morgan fingerprint density at radius 1 is 1.22 bits per heavy atom. The summed E-state index contributed by atoms with van der Waals surface area (Å²) >= 11 is 0. The highest BCUT2D eigenvalue weighted by atomic mass is 15.1. The topological polar surface area (TPSA) is 15.3 Å². The normalized spacial score (nSPS) is 22.4. The van der Waals surface area contributed by atoms with Crippen LogP contribution in [0.3, 0.4) is 0 Å². The fourth-order valence-electron chi connectivity index (χ4n) is 2.70. The van der Waals surface area contributed by atoms with E-state index in [1.165, 1.54) is 37.1 Å². The van der Waals surface area contributed by atoms with E-state index in [9.17, 15) is 0 Å². The molecule has 0 bridgehead atoms. The van der Waals surface area contributed by atoms with Gasteiger partial charge in [-0.2, -0.15) is 0 Å². The first kappa shape index (κ1) is 13.6. The van der Waals surface area contributed by atoms with Crippen molar-refractivity contribution in [1.82, 2.24) is 10.2 Å². The van der Waals surface area contributed by atoms with Gasteiger partial charge in [-0.3, -0.25) is 4.90 Å². The number of nitrogens with zero attached hydrogens (tertiary/aromatic N) is 1. The van der Waals surface area contributed by atoms with E-state index in [0.717, 1.165) is 19.5 Å². The molecule has 100 valence electrons. The Kier molecular flexibility index (Phi) is 5.21. The maximum atomic E-state index is 3.56. The number of benzene rings is 1. The monoisotopic (exact) mass is 246 g/mol. The van der Waals surface area contributed by atoms with Crippen LogP contribution in [0.1, 0.15) is 37.8 Å². The molecule has 2 rings (SSSR count). The van der Waals surface area contributed by atoms with Gasteiger partial charge < -0.3 is 5.32 Å². The van der Waals surface area contributed by atoms with E-state index < -0.39 is 0 Å². The van der Waals surface area contributed by atoms with Crippen LogP contribution in [0.5, 0.6) is 0 Å². The minimum Gasteiger partial charge on any atom is -0.314 e. The van der Waals surface area contributed by atoms with E-state index in [1.807, 2.05) is 0 Å². The van der Waals surface area contributed by atoms with Crippen LogP contribution in [0, 0.1) is 0 Å². The van der Waals surface area contributed by atoms with Crippen LogP contribution in [-0.2, 0) is 13.0 Å². The van der Waals surface area contributed by atoms with Gasteiger partial charge in [-0.1, -0.05) is 31.2 Å². The van der Waals surface area contributed by atoms with Gasteiger partial charge in [0, 0.05) is 12.6 Å². The molecular weight excluding hydrogens is 220 g/mol. The van der Waals surface area contributed by atoms with Gasteiger partial charge in [-0.05, 0) is 56.9 Å². The summed E-state index contributed by atoms with van der Waals surface area (Å²) in [5.41, 5.74) is 3.02. The summed E-state index contributed by atoms with van der Waals surface area (Å²) in [6.07, 6.45) is 3.66. The van der Waals surface area contributed by atoms with Crippen molar-refractivity contribution in [3.63, 3.8) is 0 Å². The molecule has 1 N–H and O–H groups in total. The first-order valence-corrected chi connectivity index (χ1v) is 7.32. The van der Waals surface area contributed by atoms with E-state index in [-0.39, 0.29) is 0 Å². The Morgan fingerprint density at radius 2 is 2.00 bits per heavy atom. The third-order valence-electron chi connectivity index (χ3n) is 3.92. The molecule has 1 fully saturated rings. The molecule has 1 heterocycles. The molecule has 1 unspecified atom stereocenters. The molecule has 0 amide bonds. The maximum absolute atomic E-state index is 3.56.